The van der Waals surface area contributed by atoms with Gasteiger partial charge in [-0.15, -0.1) is 0 Å². The number of benzene rings is 1. The fraction of sp³-hybridized carbons (Fsp3) is 0.500. The average Bonchev–Trinajstić information content (AvgIpc) is 2.55. The highest BCUT2D eigenvalue weighted by Crippen LogP contribution is 2.26. The molecule has 1 aliphatic heterocycles. The first-order chi connectivity index (χ1) is 11.1. The highest BCUT2D eigenvalue weighted by atomic mass is 16.5. The van der Waals surface area contributed by atoms with Gasteiger partial charge in [0.05, 0.1) is 25.9 Å². The van der Waals surface area contributed by atoms with Crippen LogP contribution in [-0.4, -0.2) is 25.9 Å². The second-order valence-corrected chi connectivity index (χ2v) is 5.73. The lowest BCUT2D eigenvalue weighted by Gasteiger charge is -2.19. The topological polar surface area (TPSA) is 59.6 Å². The minimum Gasteiger partial charge on any atom is -0.494 e. The summed E-state index contributed by atoms with van der Waals surface area (Å²) in [6, 6.07) is 5.67. The zero-order chi connectivity index (χ0) is 16.7. The van der Waals surface area contributed by atoms with Crippen LogP contribution in [0.1, 0.15) is 43.9 Å². The molecule has 5 nitrogen and oxygen atoms in total. The molecule has 0 radical (unpaired) electrons. The molecule has 0 saturated carbocycles. The first-order valence-electron chi connectivity index (χ1n) is 8.16. The molecule has 0 bridgehead atoms. The number of carbonyl (C=O) groups is 1. The smallest absolute Gasteiger partial charge is 0.319 e. The highest BCUT2D eigenvalue weighted by Gasteiger charge is 2.14. The van der Waals surface area contributed by atoms with Crippen LogP contribution in [0.5, 0.6) is 5.75 Å². The number of hydrogen-bond donors (Lipinski definition) is 2. The van der Waals surface area contributed by atoms with Crippen LogP contribution in [-0.2, 0) is 4.74 Å². The molecule has 2 rings (SSSR count). The Morgan fingerprint density at radius 2 is 2.13 bits per heavy atom. The summed E-state index contributed by atoms with van der Waals surface area (Å²) >= 11 is 0. The molecule has 0 spiro atoms. The molecule has 1 atom stereocenters. The quantitative estimate of drug-likeness (QED) is 0.874. The predicted octanol–water partition coefficient (Wildman–Crippen LogP) is 3.45. The van der Waals surface area contributed by atoms with Crippen molar-refractivity contribution in [1.82, 2.24) is 10.6 Å². The average molecular weight is 318 g/mol. The summed E-state index contributed by atoms with van der Waals surface area (Å²) in [6.07, 6.45) is 3.55. The van der Waals surface area contributed by atoms with Crippen molar-refractivity contribution < 1.29 is 14.3 Å². The Morgan fingerprint density at radius 3 is 2.83 bits per heavy atom. The first kappa shape index (κ1) is 17.3. The van der Waals surface area contributed by atoms with Crippen molar-refractivity contribution in [2.24, 2.45) is 0 Å². The minimum atomic E-state index is -0.208. The van der Waals surface area contributed by atoms with Crippen molar-refractivity contribution in [3.8, 4) is 5.75 Å². The lowest BCUT2D eigenvalue weighted by molar-refractivity contribution is 0.119. The number of nitrogens with one attached hydrogen (secondary N) is 2. The Morgan fingerprint density at radius 1 is 1.39 bits per heavy atom. The van der Waals surface area contributed by atoms with Crippen molar-refractivity contribution in [1.29, 1.82) is 0 Å². The van der Waals surface area contributed by atoms with E-state index < -0.39 is 0 Å². The van der Waals surface area contributed by atoms with E-state index in [-0.39, 0.29) is 12.1 Å². The summed E-state index contributed by atoms with van der Waals surface area (Å²) in [5.41, 5.74) is 3.34. The number of aryl methyl sites for hydroxylation is 1. The number of carbonyl (C=O) groups excluding carboxylic acids is 1. The second-order valence-electron chi connectivity index (χ2n) is 5.73. The third-order valence-corrected chi connectivity index (χ3v) is 3.82. The lowest BCUT2D eigenvalue weighted by atomic mass is 10.0. The van der Waals surface area contributed by atoms with Crippen LogP contribution in [0.2, 0.25) is 0 Å². The molecule has 0 aromatic heterocycles. The zero-order valence-electron chi connectivity index (χ0n) is 14.1. The van der Waals surface area contributed by atoms with E-state index in [1.165, 1.54) is 5.57 Å². The monoisotopic (exact) mass is 318 g/mol. The van der Waals surface area contributed by atoms with Crippen molar-refractivity contribution in [2.75, 3.05) is 19.8 Å². The molecule has 5 heteroatoms. The van der Waals surface area contributed by atoms with Crippen molar-refractivity contribution >= 4 is 6.03 Å². The largest absolute Gasteiger partial charge is 0.494 e. The van der Waals surface area contributed by atoms with Gasteiger partial charge in [-0.25, -0.2) is 4.79 Å². The van der Waals surface area contributed by atoms with Gasteiger partial charge in [-0.3, -0.25) is 0 Å². The van der Waals surface area contributed by atoms with Gasteiger partial charge in [-0.2, -0.15) is 0 Å². The zero-order valence-corrected chi connectivity index (χ0v) is 14.1. The SMILES string of the molecule is CCOc1ccc(C)cc1C(C)NC(=O)NC=C1CCOCC1. The van der Waals surface area contributed by atoms with Crippen LogP contribution >= 0.6 is 0 Å². The van der Waals surface area contributed by atoms with Gasteiger partial charge < -0.3 is 20.1 Å². The number of rotatable bonds is 5. The van der Waals surface area contributed by atoms with Crippen LogP contribution in [0.3, 0.4) is 0 Å². The molecule has 1 fully saturated rings. The van der Waals surface area contributed by atoms with Gasteiger partial charge in [-0.1, -0.05) is 17.7 Å². The molecule has 1 unspecified atom stereocenters. The van der Waals surface area contributed by atoms with Gasteiger partial charge in [-0.05, 0) is 45.3 Å². The fourth-order valence-electron chi connectivity index (χ4n) is 2.55. The number of amides is 2. The first-order valence-corrected chi connectivity index (χ1v) is 8.16. The Balaban J connectivity index is 1.96. The van der Waals surface area contributed by atoms with E-state index in [9.17, 15) is 4.79 Å². The predicted molar refractivity (Wildman–Crippen MR) is 90.6 cm³/mol. The molecule has 23 heavy (non-hydrogen) atoms. The van der Waals surface area contributed by atoms with Crippen LogP contribution in [0.15, 0.2) is 30.0 Å². The highest BCUT2D eigenvalue weighted by molar-refractivity contribution is 5.75. The summed E-state index contributed by atoms with van der Waals surface area (Å²) in [5, 5.41) is 5.77. The Kier molecular flexibility index (Phi) is 6.47. The molecule has 2 amide bonds. The molecular weight excluding hydrogens is 292 g/mol. The van der Waals surface area contributed by atoms with Crippen molar-refractivity contribution in [2.45, 2.75) is 39.7 Å². The molecule has 1 aliphatic rings. The molecule has 0 aliphatic carbocycles. The summed E-state index contributed by atoms with van der Waals surface area (Å²) in [7, 11) is 0. The van der Waals surface area contributed by atoms with Crippen LogP contribution < -0.4 is 15.4 Å². The van der Waals surface area contributed by atoms with Gasteiger partial charge in [0, 0.05) is 11.8 Å². The minimum absolute atomic E-state index is 0.135. The van der Waals surface area contributed by atoms with E-state index >= 15 is 0 Å². The summed E-state index contributed by atoms with van der Waals surface area (Å²) < 4.78 is 10.9. The third kappa shape index (κ3) is 5.28. The summed E-state index contributed by atoms with van der Waals surface area (Å²) in [6.45, 7) is 8.00. The van der Waals surface area contributed by atoms with Gasteiger partial charge >= 0.3 is 6.03 Å². The van der Waals surface area contributed by atoms with E-state index in [2.05, 4.69) is 10.6 Å². The van der Waals surface area contributed by atoms with Crippen LogP contribution in [0.25, 0.3) is 0 Å². The third-order valence-electron chi connectivity index (χ3n) is 3.82. The van der Waals surface area contributed by atoms with Crippen molar-refractivity contribution in [3.63, 3.8) is 0 Å². The summed E-state index contributed by atoms with van der Waals surface area (Å²) in [5.74, 6) is 0.814. The number of urea groups is 1. The standard InChI is InChI=1S/C18H26N2O3/c1-4-23-17-6-5-13(2)11-16(17)14(3)20-18(21)19-12-15-7-9-22-10-8-15/h5-6,11-12,14H,4,7-10H2,1-3H3,(H2,19,20,21). The van der Waals surface area contributed by atoms with Crippen molar-refractivity contribution in [3.05, 3.63) is 41.1 Å². The molecular formula is C18H26N2O3. The maximum absolute atomic E-state index is 12.1. The number of hydrogen-bond acceptors (Lipinski definition) is 3. The normalized spacial score (nSPS) is 15.7. The van der Waals surface area contributed by atoms with Gasteiger partial charge in [0.25, 0.3) is 0 Å². The molecule has 126 valence electrons. The van der Waals surface area contributed by atoms with Gasteiger partial charge in [0.15, 0.2) is 0 Å². The van der Waals surface area contributed by atoms with Gasteiger partial charge in [0.1, 0.15) is 5.75 Å². The fourth-order valence-corrected chi connectivity index (χ4v) is 2.55. The Labute approximate surface area is 138 Å². The molecule has 1 heterocycles. The Bertz CT molecular complexity index is 561. The molecule has 1 aromatic carbocycles. The van der Waals surface area contributed by atoms with Crippen LogP contribution in [0.4, 0.5) is 4.79 Å². The molecule has 2 N–H and O–H groups in total. The van der Waals surface area contributed by atoms with E-state index in [0.29, 0.717) is 6.61 Å². The van der Waals surface area contributed by atoms with E-state index in [4.69, 9.17) is 9.47 Å². The molecule has 1 saturated heterocycles. The molecule has 1 aromatic rings. The van der Waals surface area contributed by atoms with E-state index in [1.807, 2.05) is 39.0 Å². The maximum atomic E-state index is 12.1. The Hall–Kier alpha value is -2.01. The maximum Gasteiger partial charge on any atom is 0.319 e. The van der Waals surface area contributed by atoms with E-state index in [0.717, 1.165) is 42.9 Å². The lowest BCUT2D eigenvalue weighted by Crippen LogP contribution is -2.34. The summed E-state index contributed by atoms with van der Waals surface area (Å²) in [4.78, 5) is 12.1. The van der Waals surface area contributed by atoms with Crippen LogP contribution in [0, 0.1) is 6.92 Å². The second kappa shape index (κ2) is 8.58. The number of ether oxygens (including phenoxy) is 2. The van der Waals surface area contributed by atoms with E-state index in [1.54, 1.807) is 6.20 Å². The van der Waals surface area contributed by atoms with Gasteiger partial charge in [0.2, 0.25) is 0 Å².